The van der Waals surface area contributed by atoms with E-state index in [-0.39, 0.29) is 24.2 Å². The van der Waals surface area contributed by atoms with Crippen LogP contribution < -0.4 is 21.7 Å². The fourth-order valence-corrected chi connectivity index (χ4v) is 3.66. The highest BCUT2D eigenvalue weighted by molar-refractivity contribution is 5.94. The Balaban J connectivity index is 2.94. The number of carbonyl (C=O) groups is 4. The lowest BCUT2D eigenvalue weighted by molar-refractivity contribution is -0.143. The molecule has 5 unspecified atom stereocenters. The molecule has 9 heteroatoms. The highest BCUT2D eigenvalue weighted by atomic mass is 16.4. The maximum atomic E-state index is 13.2. The van der Waals surface area contributed by atoms with E-state index >= 15 is 0 Å². The lowest BCUT2D eigenvalue weighted by atomic mass is 9.95. The van der Waals surface area contributed by atoms with Crippen LogP contribution in [0.5, 0.6) is 0 Å². The molecule has 6 N–H and O–H groups in total. The quantitative estimate of drug-likeness (QED) is 0.268. The second-order valence-electron chi connectivity index (χ2n) is 9.93. The van der Waals surface area contributed by atoms with Gasteiger partial charge < -0.3 is 26.8 Å². The van der Waals surface area contributed by atoms with Crippen molar-refractivity contribution in [3.8, 4) is 0 Å². The van der Waals surface area contributed by atoms with Crippen molar-refractivity contribution in [2.24, 2.45) is 23.5 Å². The lowest BCUT2D eigenvalue weighted by Gasteiger charge is -2.29. The summed E-state index contributed by atoms with van der Waals surface area (Å²) in [5.74, 6) is -3.12. The number of carbonyl (C=O) groups excluding carboxylic acids is 3. The Morgan fingerprint density at radius 2 is 1.40 bits per heavy atom. The smallest absolute Gasteiger partial charge is 0.326 e. The van der Waals surface area contributed by atoms with Crippen LogP contribution in [0.15, 0.2) is 30.3 Å². The number of nitrogens with two attached hydrogens (primary N) is 1. The van der Waals surface area contributed by atoms with Crippen LogP contribution in [-0.4, -0.2) is 53.0 Å². The highest BCUT2D eigenvalue weighted by Gasteiger charge is 2.33. The topological polar surface area (TPSA) is 151 Å². The van der Waals surface area contributed by atoms with Gasteiger partial charge in [-0.3, -0.25) is 14.4 Å². The van der Waals surface area contributed by atoms with Crippen molar-refractivity contribution in [3.63, 3.8) is 0 Å². The van der Waals surface area contributed by atoms with Crippen LogP contribution in [0.2, 0.25) is 0 Å². The summed E-state index contributed by atoms with van der Waals surface area (Å²) < 4.78 is 0. The van der Waals surface area contributed by atoms with Crippen LogP contribution in [0.25, 0.3) is 0 Å². The summed E-state index contributed by atoms with van der Waals surface area (Å²) in [6.07, 6.45) is 1.20. The Morgan fingerprint density at radius 3 is 1.89 bits per heavy atom. The fourth-order valence-electron chi connectivity index (χ4n) is 3.66. The van der Waals surface area contributed by atoms with Crippen LogP contribution >= 0.6 is 0 Å². The first-order valence-corrected chi connectivity index (χ1v) is 12.3. The van der Waals surface area contributed by atoms with Crippen molar-refractivity contribution in [2.75, 3.05) is 0 Å². The Morgan fingerprint density at radius 1 is 0.857 bits per heavy atom. The molecule has 0 saturated heterocycles. The van der Waals surface area contributed by atoms with E-state index in [0.717, 1.165) is 5.56 Å². The number of amides is 3. The maximum absolute atomic E-state index is 13.2. The molecule has 0 aromatic heterocycles. The second-order valence-corrected chi connectivity index (χ2v) is 9.93. The van der Waals surface area contributed by atoms with E-state index in [9.17, 15) is 24.3 Å². The van der Waals surface area contributed by atoms with Crippen molar-refractivity contribution in [1.82, 2.24) is 16.0 Å². The molecule has 9 nitrogen and oxygen atoms in total. The third-order valence-corrected chi connectivity index (χ3v) is 6.00. The average Bonchev–Trinajstić information content (AvgIpc) is 2.79. The van der Waals surface area contributed by atoms with E-state index in [1.807, 2.05) is 58.0 Å². The zero-order valence-electron chi connectivity index (χ0n) is 21.7. The van der Waals surface area contributed by atoms with E-state index in [1.54, 1.807) is 13.8 Å². The van der Waals surface area contributed by atoms with Gasteiger partial charge in [-0.25, -0.2) is 4.79 Å². The number of rotatable bonds is 14. The highest BCUT2D eigenvalue weighted by Crippen LogP contribution is 2.12. The van der Waals surface area contributed by atoms with Crippen LogP contribution in [-0.2, 0) is 25.6 Å². The molecule has 3 amide bonds. The molecule has 0 aliphatic rings. The minimum atomic E-state index is -1.13. The molecule has 0 fully saturated rings. The van der Waals surface area contributed by atoms with E-state index in [0.29, 0.717) is 12.8 Å². The molecule has 0 spiro atoms. The predicted molar refractivity (Wildman–Crippen MR) is 135 cm³/mol. The first-order chi connectivity index (χ1) is 16.4. The number of carboxylic acids is 1. The standard InChI is InChI=1S/C26H42N4O5/c1-7-17(6)22(30-23(31)19(27)14-18-11-9-8-10-12-18)25(33)29-21(16(4)5)24(32)28-20(26(34)35)13-15(2)3/h8-12,15-17,19-22H,7,13-14,27H2,1-6H3,(H,28,32)(H,29,33)(H,30,31)(H,34,35). The minimum absolute atomic E-state index is 0.0635. The van der Waals surface area contributed by atoms with E-state index in [4.69, 9.17) is 5.73 Å². The number of hydrogen-bond donors (Lipinski definition) is 5. The van der Waals surface area contributed by atoms with E-state index < -0.39 is 47.9 Å². The number of carboxylic acid groups (broad SMARTS) is 1. The zero-order valence-corrected chi connectivity index (χ0v) is 21.7. The van der Waals surface area contributed by atoms with Crippen LogP contribution in [0.4, 0.5) is 0 Å². The Hall–Kier alpha value is -2.94. The zero-order chi connectivity index (χ0) is 26.7. The Bertz CT molecular complexity index is 843. The van der Waals surface area contributed by atoms with Gasteiger partial charge in [0.05, 0.1) is 6.04 Å². The summed E-state index contributed by atoms with van der Waals surface area (Å²) in [6.45, 7) is 11.0. The van der Waals surface area contributed by atoms with Gasteiger partial charge in [-0.1, -0.05) is 78.3 Å². The van der Waals surface area contributed by atoms with E-state index in [2.05, 4.69) is 16.0 Å². The first kappa shape index (κ1) is 30.1. The van der Waals surface area contributed by atoms with Crippen molar-refractivity contribution in [3.05, 3.63) is 35.9 Å². The summed E-state index contributed by atoms with van der Waals surface area (Å²) >= 11 is 0. The van der Waals surface area contributed by atoms with Gasteiger partial charge in [0.15, 0.2) is 0 Å². The molecule has 0 radical (unpaired) electrons. The molecule has 0 saturated carbocycles. The number of aliphatic carboxylic acids is 1. The number of benzene rings is 1. The van der Waals surface area contributed by atoms with Crippen molar-refractivity contribution < 1.29 is 24.3 Å². The number of nitrogens with one attached hydrogen (secondary N) is 3. The summed E-state index contributed by atoms with van der Waals surface area (Å²) in [6, 6.07) is 5.61. The summed E-state index contributed by atoms with van der Waals surface area (Å²) in [7, 11) is 0. The van der Waals surface area contributed by atoms with Crippen molar-refractivity contribution in [2.45, 2.75) is 85.0 Å². The molecule has 5 atom stereocenters. The minimum Gasteiger partial charge on any atom is -0.480 e. The first-order valence-electron chi connectivity index (χ1n) is 12.3. The van der Waals surface area contributed by atoms with Gasteiger partial charge in [0, 0.05) is 0 Å². The van der Waals surface area contributed by atoms with Crippen LogP contribution in [0.1, 0.15) is 59.9 Å². The van der Waals surface area contributed by atoms with Crippen LogP contribution in [0, 0.1) is 17.8 Å². The fraction of sp³-hybridized carbons (Fsp3) is 0.615. The summed E-state index contributed by atoms with van der Waals surface area (Å²) in [4.78, 5) is 50.5. The summed E-state index contributed by atoms with van der Waals surface area (Å²) in [5, 5.41) is 17.5. The van der Waals surface area contributed by atoms with E-state index in [1.165, 1.54) is 0 Å². The van der Waals surface area contributed by atoms with Gasteiger partial charge in [-0.2, -0.15) is 0 Å². The van der Waals surface area contributed by atoms with Gasteiger partial charge in [0.2, 0.25) is 17.7 Å². The molecule has 1 aromatic carbocycles. The van der Waals surface area contributed by atoms with Crippen molar-refractivity contribution >= 4 is 23.7 Å². The van der Waals surface area contributed by atoms with Crippen LogP contribution in [0.3, 0.4) is 0 Å². The Labute approximate surface area is 208 Å². The monoisotopic (exact) mass is 490 g/mol. The third-order valence-electron chi connectivity index (χ3n) is 6.00. The third kappa shape index (κ3) is 10.1. The second kappa shape index (κ2) is 14.5. The molecular weight excluding hydrogens is 448 g/mol. The molecule has 196 valence electrons. The molecule has 0 heterocycles. The maximum Gasteiger partial charge on any atom is 0.326 e. The molecular formula is C26H42N4O5. The normalized spacial score (nSPS) is 15.6. The van der Waals surface area contributed by atoms with Gasteiger partial charge in [0.1, 0.15) is 18.1 Å². The number of hydrogen-bond acceptors (Lipinski definition) is 5. The molecule has 35 heavy (non-hydrogen) atoms. The predicted octanol–water partition coefficient (Wildman–Crippen LogP) is 1.84. The van der Waals surface area contributed by atoms with Gasteiger partial charge in [-0.05, 0) is 36.2 Å². The molecule has 1 rings (SSSR count). The van der Waals surface area contributed by atoms with Gasteiger partial charge >= 0.3 is 5.97 Å². The van der Waals surface area contributed by atoms with Gasteiger partial charge in [0.25, 0.3) is 0 Å². The molecule has 1 aromatic rings. The largest absolute Gasteiger partial charge is 0.480 e. The average molecular weight is 491 g/mol. The van der Waals surface area contributed by atoms with Crippen molar-refractivity contribution in [1.29, 1.82) is 0 Å². The van der Waals surface area contributed by atoms with Gasteiger partial charge in [-0.15, -0.1) is 0 Å². The lowest BCUT2D eigenvalue weighted by Crippen LogP contribution is -2.60. The molecule has 0 bridgehead atoms. The Kier molecular flexibility index (Phi) is 12.4. The SMILES string of the molecule is CCC(C)C(NC(=O)C(N)Cc1ccccc1)C(=O)NC(C(=O)NC(CC(C)C)C(=O)O)C(C)C. The molecule has 0 aliphatic carbocycles. The summed E-state index contributed by atoms with van der Waals surface area (Å²) in [5.41, 5.74) is 7.00. The molecule has 0 aliphatic heterocycles.